The number of anilines is 1. The minimum Gasteiger partial charge on any atom is -0.481 e. The summed E-state index contributed by atoms with van der Waals surface area (Å²) < 4.78 is 0. The van der Waals surface area contributed by atoms with E-state index in [0.29, 0.717) is 5.69 Å². The highest BCUT2D eigenvalue weighted by molar-refractivity contribution is 8.00. The Balaban J connectivity index is 2.60. The largest absolute Gasteiger partial charge is 0.481 e. The summed E-state index contributed by atoms with van der Waals surface area (Å²) in [5.74, 6) is -0.794. The summed E-state index contributed by atoms with van der Waals surface area (Å²) in [5.41, 5.74) is 6.26. The van der Waals surface area contributed by atoms with Gasteiger partial charge in [-0.2, -0.15) is 0 Å². The van der Waals surface area contributed by atoms with E-state index in [1.165, 1.54) is 11.8 Å². The summed E-state index contributed by atoms with van der Waals surface area (Å²) in [4.78, 5) is 15.2. The number of carboxylic acids is 1. The van der Waals surface area contributed by atoms with Crippen LogP contribution >= 0.6 is 11.8 Å². The number of hydrogen-bond donors (Lipinski definition) is 2. The van der Waals surface area contributed by atoms with E-state index in [-0.39, 0.29) is 11.7 Å². The zero-order valence-corrected chi connectivity index (χ0v) is 8.62. The molecule has 14 heavy (non-hydrogen) atoms. The number of nitrogens with zero attached hydrogens (tertiary/aromatic N) is 1. The van der Waals surface area contributed by atoms with Crippen LogP contribution in [0.25, 0.3) is 0 Å². The maximum absolute atomic E-state index is 10.4. The number of pyridine rings is 1. The first kappa shape index (κ1) is 10.8. The average Bonchev–Trinajstić information content (AvgIpc) is 2.07. The molecule has 1 atom stereocenters. The Hall–Kier alpha value is -1.23. The number of aliphatic carboxylic acids is 1. The summed E-state index contributed by atoms with van der Waals surface area (Å²) in [6.07, 6.45) is 3.34. The second kappa shape index (κ2) is 4.85. The molecule has 0 bridgehead atoms. The molecule has 1 aromatic rings. The van der Waals surface area contributed by atoms with E-state index >= 15 is 0 Å². The molecule has 0 amide bonds. The number of aromatic nitrogens is 1. The molecule has 1 unspecified atom stereocenters. The molecular weight excluding hydrogens is 200 g/mol. The van der Waals surface area contributed by atoms with Crippen molar-refractivity contribution in [2.45, 2.75) is 23.5 Å². The first-order chi connectivity index (χ1) is 6.59. The Labute approximate surface area is 86.5 Å². The fourth-order valence-corrected chi connectivity index (χ4v) is 1.99. The standard InChI is InChI=1S/C9H12N2O2S/c1-6(4-9(12)13)14-8-2-3-11-5-7(8)10/h2-3,5-6H,4,10H2,1H3,(H,12,13). The second-order valence-corrected chi connectivity index (χ2v) is 4.42. The van der Waals surface area contributed by atoms with Crippen LogP contribution in [0.5, 0.6) is 0 Å². The number of rotatable bonds is 4. The van der Waals surface area contributed by atoms with Gasteiger partial charge >= 0.3 is 5.97 Å². The molecule has 0 saturated carbocycles. The van der Waals surface area contributed by atoms with Gasteiger partial charge in [0.1, 0.15) is 0 Å². The molecule has 0 aliphatic rings. The highest BCUT2D eigenvalue weighted by Crippen LogP contribution is 2.28. The van der Waals surface area contributed by atoms with Gasteiger partial charge in [-0.15, -0.1) is 11.8 Å². The molecule has 0 saturated heterocycles. The molecule has 4 nitrogen and oxygen atoms in total. The Morgan fingerprint density at radius 3 is 3.07 bits per heavy atom. The molecule has 0 aliphatic heterocycles. The van der Waals surface area contributed by atoms with Gasteiger partial charge in [0, 0.05) is 16.3 Å². The van der Waals surface area contributed by atoms with E-state index < -0.39 is 5.97 Å². The van der Waals surface area contributed by atoms with Crippen LogP contribution in [-0.2, 0) is 4.79 Å². The van der Waals surface area contributed by atoms with Crippen LogP contribution in [-0.4, -0.2) is 21.3 Å². The van der Waals surface area contributed by atoms with Crippen LogP contribution in [0.3, 0.4) is 0 Å². The van der Waals surface area contributed by atoms with Crippen LogP contribution in [0.4, 0.5) is 5.69 Å². The fraction of sp³-hybridized carbons (Fsp3) is 0.333. The van der Waals surface area contributed by atoms with Gasteiger partial charge in [0.05, 0.1) is 18.3 Å². The van der Waals surface area contributed by atoms with Crippen LogP contribution in [0, 0.1) is 0 Å². The van der Waals surface area contributed by atoms with E-state index in [1.54, 1.807) is 18.5 Å². The summed E-state index contributed by atoms with van der Waals surface area (Å²) >= 11 is 1.45. The molecule has 1 rings (SSSR count). The zero-order chi connectivity index (χ0) is 10.6. The molecule has 1 aromatic heterocycles. The van der Waals surface area contributed by atoms with Gasteiger partial charge in [0.25, 0.3) is 0 Å². The zero-order valence-electron chi connectivity index (χ0n) is 7.80. The normalized spacial score (nSPS) is 12.4. The number of hydrogen-bond acceptors (Lipinski definition) is 4. The van der Waals surface area contributed by atoms with Crippen molar-refractivity contribution < 1.29 is 9.90 Å². The molecular formula is C9H12N2O2S. The number of nitrogen functional groups attached to an aromatic ring is 1. The van der Waals surface area contributed by atoms with Gasteiger partial charge in [-0.1, -0.05) is 6.92 Å². The van der Waals surface area contributed by atoms with Gasteiger partial charge in [0.2, 0.25) is 0 Å². The van der Waals surface area contributed by atoms with Crippen molar-refractivity contribution in [2.24, 2.45) is 0 Å². The Morgan fingerprint density at radius 2 is 2.50 bits per heavy atom. The maximum Gasteiger partial charge on any atom is 0.304 e. The van der Waals surface area contributed by atoms with Crippen molar-refractivity contribution in [3.8, 4) is 0 Å². The van der Waals surface area contributed by atoms with Crippen LogP contribution in [0.15, 0.2) is 23.4 Å². The van der Waals surface area contributed by atoms with Crippen molar-refractivity contribution in [2.75, 3.05) is 5.73 Å². The molecule has 0 spiro atoms. The third-order valence-electron chi connectivity index (χ3n) is 1.60. The van der Waals surface area contributed by atoms with Crippen molar-refractivity contribution in [3.05, 3.63) is 18.5 Å². The molecule has 76 valence electrons. The van der Waals surface area contributed by atoms with Crippen molar-refractivity contribution in [1.29, 1.82) is 0 Å². The summed E-state index contributed by atoms with van der Waals surface area (Å²) in [7, 11) is 0. The van der Waals surface area contributed by atoms with Gasteiger partial charge in [0.15, 0.2) is 0 Å². The lowest BCUT2D eigenvalue weighted by Gasteiger charge is -2.09. The summed E-state index contributed by atoms with van der Waals surface area (Å²) in [5, 5.41) is 8.59. The van der Waals surface area contributed by atoms with Crippen molar-refractivity contribution in [3.63, 3.8) is 0 Å². The lowest BCUT2D eigenvalue weighted by Crippen LogP contribution is -2.05. The lowest BCUT2D eigenvalue weighted by molar-refractivity contribution is -0.136. The third-order valence-corrected chi connectivity index (χ3v) is 2.80. The predicted octanol–water partition coefficient (Wildman–Crippen LogP) is 1.62. The third kappa shape index (κ3) is 3.26. The minimum atomic E-state index is -0.794. The van der Waals surface area contributed by atoms with E-state index in [4.69, 9.17) is 10.8 Å². The summed E-state index contributed by atoms with van der Waals surface area (Å²) in [6, 6.07) is 1.79. The molecule has 0 radical (unpaired) electrons. The molecule has 0 fully saturated rings. The van der Waals surface area contributed by atoms with Crippen LogP contribution in [0.2, 0.25) is 0 Å². The smallest absolute Gasteiger partial charge is 0.304 e. The lowest BCUT2D eigenvalue weighted by atomic mass is 10.3. The van der Waals surface area contributed by atoms with Gasteiger partial charge in [-0.25, -0.2) is 0 Å². The Kier molecular flexibility index (Phi) is 3.76. The van der Waals surface area contributed by atoms with Gasteiger partial charge < -0.3 is 10.8 Å². The van der Waals surface area contributed by atoms with Gasteiger partial charge in [-0.3, -0.25) is 9.78 Å². The number of thioether (sulfide) groups is 1. The number of carboxylic acid groups (broad SMARTS) is 1. The van der Waals surface area contributed by atoms with Crippen molar-refractivity contribution >= 4 is 23.4 Å². The van der Waals surface area contributed by atoms with E-state index in [0.717, 1.165) is 4.90 Å². The van der Waals surface area contributed by atoms with Gasteiger partial charge in [-0.05, 0) is 6.07 Å². The van der Waals surface area contributed by atoms with E-state index in [9.17, 15) is 4.79 Å². The minimum absolute atomic E-state index is 0.0113. The second-order valence-electron chi connectivity index (χ2n) is 2.94. The predicted molar refractivity (Wildman–Crippen MR) is 56.2 cm³/mol. The fourth-order valence-electron chi connectivity index (χ4n) is 1.01. The molecule has 3 N–H and O–H groups in total. The van der Waals surface area contributed by atoms with Crippen molar-refractivity contribution in [1.82, 2.24) is 4.98 Å². The first-order valence-electron chi connectivity index (χ1n) is 4.17. The molecule has 1 heterocycles. The number of carbonyl (C=O) groups is 1. The Morgan fingerprint density at radius 1 is 1.79 bits per heavy atom. The topological polar surface area (TPSA) is 76.2 Å². The monoisotopic (exact) mass is 212 g/mol. The highest BCUT2D eigenvalue weighted by Gasteiger charge is 2.10. The molecule has 0 aliphatic carbocycles. The van der Waals surface area contributed by atoms with Crippen LogP contribution in [0.1, 0.15) is 13.3 Å². The maximum atomic E-state index is 10.4. The van der Waals surface area contributed by atoms with Crippen LogP contribution < -0.4 is 5.73 Å². The quantitative estimate of drug-likeness (QED) is 0.742. The molecule has 0 aromatic carbocycles. The van der Waals surface area contributed by atoms with E-state index in [2.05, 4.69) is 4.98 Å². The average molecular weight is 212 g/mol. The highest BCUT2D eigenvalue weighted by atomic mass is 32.2. The molecule has 5 heteroatoms. The first-order valence-corrected chi connectivity index (χ1v) is 5.05. The number of nitrogens with two attached hydrogens (primary N) is 1. The SMILES string of the molecule is CC(CC(=O)O)Sc1ccncc1N. The summed E-state index contributed by atoms with van der Waals surface area (Å²) in [6.45, 7) is 1.86. The Bertz CT molecular complexity index is 330. The van der Waals surface area contributed by atoms with E-state index in [1.807, 2.05) is 6.92 Å².